The summed E-state index contributed by atoms with van der Waals surface area (Å²) in [6.45, 7) is 3.68. The van der Waals surface area contributed by atoms with Gasteiger partial charge in [0.2, 0.25) is 0 Å². The molecule has 2 N–H and O–H groups in total. The number of ether oxygens (including phenoxy) is 2. The van der Waals surface area contributed by atoms with Crippen molar-refractivity contribution in [3.05, 3.63) is 47.2 Å². The molecule has 2 amide bonds. The highest BCUT2D eigenvalue weighted by Gasteiger charge is 2.29. The number of benzene rings is 1. The number of rotatable bonds is 5. The van der Waals surface area contributed by atoms with Crippen molar-refractivity contribution in [2.24, 2.45) is 0 Å². The van der Waals surface area contributed by atoms with Gasteiger partial charge in [0, 0.05) is 11.3 Å². The van der Waals surface area contributed by atoms with E-state index in [4.69, 9.17) is 9.47 Å². The molecule has 2 rings (SSSR count). The van der Waals surface area contributed by atoms with E-state index < -0.39 is 12.0 Å². The minimum Gasteiger partial charge on any atom is -0.496 e. The van der Waals surface area contributed by atoms with E-state index >= 15 is 0 Å². The summed E-state index contributed by atoms with van der Waals surface area (Å²) in [5.74, 6) is 0.259. The molecule has 0 aliphatic carbocycles. The molecule has 1 atom stereocenters. The van der Waals surface area contributed by atoms with Crippen molar-refractivity contribution in [2.45, 2.75) is 19.9 Å². The number of amides is 2. The van der Waals surface area contributed by atoms with E-state index in [1.165, 1.54) is 0 Å². The fourth-order valence-corrected chi connectivity index (χ4v) is 2.36. The average molecular weight is 316 g/mol. The molecule has 0 saturated carbocycles. The molecule has 0 spiro atoms. The first kappa shape index (κ1) is 16.6. The van der Waals surface area contributed by atoms with E-state index in [0.717, 1.165) is 5.56 Å². The lowest BCUT2D eigenvalue weighted by Gasteiger charge is -2.25. The van der Waals surface area contributed by atoms with Crippen LogP contribution in [0.5, 0.6) is 5.75 Å². The van der Waals surface area contributed by atoms with Crippen LogP contribution in [0.25, 0.3) is 6.08 Å². The maximum absolute atomic E-state index is 12.1. The Kier molecular flexibility index (Phi) is 5.41. The van der Waals surface area contributed by atoms with Crippen LogP contribution in [0.4, 0.5) is 4.79 Å². The van der Waals surface area contributed by atoms with Crippen LogP contribution in [0.1, 0.15) is 19.4 Å². The molecule has 0 unspecified atom stereocenters. The minimum atomic E-state index is -0.562. The molecule has 0 bridgehead atoms. The van der Waals surface area contributed by atoms with Crippen molar-refractivity contribution in [3.63, 3.8) is 0 Å². The van der Waals surface area contributed by atoms with Crippen LogP contribution in [-0.4, -0.2) is 31.8 Å². The molecular formula is C17H20N2O4. The van der Waals surface area contributed by atoms with Crippen LogP contribution >= 0.6 is 0 Å². The SMILES string of the molecule is CCOC(=O)C1=C(C)NC(=O)N[C@@H]1/C=C/c1ccccc1OC. The largest absolute Gasteiger partial charge is 0.496 e. The van der Waals surface area contributed by atoms with Crippen LogP contribution in [0.15, 0.2) is 41.6 Å². The fourth-order valence-electron chi connectivity index (χ4n) is 2.36. The second-order valence-corrected chi connectivity index (χ2v) is 4.94. The Balaban J connectivity index is 2.31. The number of hydrogen-bond donors (Lipinski definition) is 2. The van der Waals surface area contributed by atoms with Gasteiger partial charge in [-0.1, -0.05) is 30.4 Å². The molecule has 6 heteroatoms. The average Bonchev–Trinajstić information content (AvgIpc) is 2.52. The Hall–Kier alpha value is -2.76. The zero-order valence-corrected chi connectivity index (χ0v) is 13.4. The van der Waals surface area contributed by atoms with Gasteiger partial charge in [0.25, 0.3) is 0 Å². The first-order valence-corrected chi connectivity index (χ1v) is 7.33. The summed E-state index contributed by atoms with van der Waals surface area (Å²) in [5.41, 5.74) is 1.73. The Labute approximate surface area is 135 Å². The summed E-state index contributed by atoms with van der Waals surface area (Å²) in [4.78, 5) is 23.8. The summed E-state index contributed by atoms with van der Waals surface area (Å²) >= 11 is 0. The molecule has 1 heterocycles. The summed E-state index contributed by atoms with van der Waals surface area (Å²) in [6.07, 6.45) is 3.55. The van der Waals surface area contributed by atoms with Gasteiger partial charge in [-0.2, -0.15) is 0 Å². The molecule has 1 aliphatic rings. The van der Waals surface area contributed by atoms with Crippen molar-refractivity contribution < 1.29 is 19.1 Å². The molecule has 1 aromatic carbocycles. The molecular weight excluding hydrogens is 296 g/mol. The van der Waals surface area contributed by atoms with Crippen molar-refractivity contribution in [1.82, 2.24) is 10.6 Å². The minimum absolute atomic E-state index is 0.270. The predicted octanol–water partition coefficient (Wildman–Crippen LogP) is 2.23. The number of carbonyl (C=O) groups excluding carboxylic acids is 2. The Bertz CT molecular complexity index is 664. The second-order valence-electron chi connectivity index (χ2n) is 4.94. The van der Waals surface area contributed by atoms with Gasteiger partial charge in [-0.3, -0.25) is 0 Å². The number of nitrogens with one attached hydrogen (secondary N) is 2. The lowest BCUT2D eigenvalue weighted by molar-refractivity contribution is -0.138. The molecule has 23 heavy (non-hydrogen) atoms. The molecule has 0 fully saturated rings. The summed E-state index contributed by atoms with van der Waals surface area (Å²) in [5, 5.41) is 5.30. The highest BCUT2D eigenvalue weighted by atomic mass is 16.5. The number of methoxy groups -OCH3 is 1. The van der Waals surface area contributed by atoms with Gasteiger partial charge in [-0.25, -0.2) is 9.59 Å². The van der Waals surface area contributed by atoms with E-state index in [-0.39, 0.29) is 12.6 Å². The first-order valence-electron chi connectivity index (χ1n) is 7.33. The van der Waals surface area contributed by atoms with Gasteiger partial charge in [-0.05, 0) is 19.9 Å². The van der Waals surface area contributed by atoms with Crippen molar-refractivity contribution in [2.75, 3.05) is 13.7 Å². The van der Waals surface area contributed by atoms with Crippen LogP contribution < -0.4 is 15.4 Å². The monoisotopic (exact) mass is 316 g/mol. The third-order valence-electron chi connectivity index (χ3n) is 3.41. The number of esters is 1. The van der Waals surface area contributed by atoms with E-state index in [1.54, 1.807) is 27.0 Å². The number of allylic oxidation sites excluding steroid dienone is 1. The summed E-state index contributed by atoms with van der Waals surface area (Å²) in [7, 11) is 1.59. The van der Waals surface area contributed by atoms with Crippen LogP contribution in [0, 0.1) is 0 Å². The standard InChI is InChI=1S/C17H20N2O4/c1-4-23-16(20)15-11(2)18-17(21)19-13(15)10-9-12-7-5-6-8-14(12)22-3/h5-10,13H,4H2,1-3H3,(H2,18,19,21)/b10-9+/t13-/m1/s1. The highest BCUT2D eigenvalue weighted by Crippen LogP contribution is 2.21. The maximum atomic E-state index is 12.1. The second kappa shape index (κ2) is 7.49. The Morgan fingerprint density at radius 3 is 2.78 bits per heavy atom. The van der Waals surface area contributed by atoms with Crippen molar-refractivity contribution in [1.29, 1.82) is 0 Å². The highest BCUT2D eigenvalue weighted by molar-refractivity contribution is 5.95. The lowest BCUT2D eigenvalue weighted by Crippen LogP contribution is -2.49. The predicted molar refractivity (Wildman–Crippen MR) is 86.8 cm³/mol. The summed E-state index contributed by atoms with van der Waals surface area (Å²) < 4.78 is 10.4. The van der Waals surface area contributed by atoms with E-state index in [0.29, 0.717) is 17.0 Å². The topological polar surface area (TPSA) is 76.7 Å². The van der Waals surface area contributed by atoms with Crippen molar-refractivity contribution >= 4 is 18.1 Å². The zero-order valence-electron chi connectivity index (χ0n) is 13.4. The molecule has 0 saturated heterocycles. The quantitative estimate of drug-likeness (QED) is 0.817. The van der Waals surface area contributed by atoms with Gasteiger partial charge >= 0.3 is 12.0 Å². The van der Waals surface area contributed by atoms with Crippen molar-refractivity contribution in [3.8, 4) is 5.75 Å². The zero-order chi connectivity index (χ0) is 16.8. The van der Waals surface area contributed by atoms with Gasteiger partial charge in [0.15, 0.2) is 0 Å². The van der Waals surface area contributed by atoms with E-state index in [2.05, 4.69) is 10.6 Å². The molecule has 0 radical (unpaired) electrons. The Morgan fingerprint density at radius 1 is 1.35 bits per heavy atom. The molecule has 6 nitrogen and oxygen atoms in total. The van der Waals surface area contributed by atoms with Gasteiger partial charge in [-0.15, -0.1) is 0 Å². The van der Waals surface area contributed by atoms with Gasteiger partial charge in [0.1, 0.15) is 5.75 Å². The maximum Gasteiger partial charge on any atom is 0.338 e. The molecule has 0 aromatic heterocycles. The van der Waals surface area contributed by atoms with E-state index in [1.807, 2.05) is 30.3 Å². The number of urea groups is 1. The third kappa shape index (κ3) is 3.91. The Morgan fingerprint density at radius 2 is 2.09 bits per heavy atom. The molecule has 1 aromatic rings. The molecule has 1 aliphatic heterocycles. The van der Waals surface area contributed by atoms with Crippen LogP contribution in [0.3, 0.4) is 0 Å². The first-order chi connectivity index (χ1) is 11.1. The van der Waals surface area contributed by atoms with Crippen LogP contribution in [-0.2, 0) is 9.53 Å². The lowest BCUT2D eigenvalue weighted by atomic mass is 10.0. The third-order valence-corrected chi connectivity index (χ3v) is 3.41. The van der Waals surface area contributed by atoms with Crippen LogP contribution in [0.2, 0.25) is 0 Å². The number of carbonyl (C=O) groups is 2. The van der Waals surface area contributed by atoms with Gasteiger partial charge < -0.3 is 20.1 Å². The number of para-hydroxylation sites is 1. The smallest absolute Gasteiger partial charge is 0.338 e. The summed E-state index contributed by atoms with van der Waals surface area (Å²) in [6, 6.07) is 6.57. The molecule has 122 valence electrons. The normalized spacial score (nSPS) is 17.7. The fraction of sp³-hybridized carbons (Fsp3) is 0.294. The number of hydrogen-bond acceptors (Lipinski definition) is 4. The van der Waals surface area contributed by atoms with E-state index in [9.17, 15) is 9.59 Å². The van der Waals surface area contributed by atoms with Gasteiger partial charge in [0.05, 0.1) is 25.3 Å².